The Kier molecular flexibility index (Phi) is 18.8. The van der Waals surface area contributed by atoms with E-state index in [1.54, 1.807) is 0 Å². The average molecular weight is 989 g/mol. The Hall–Kier alpha value is -4.96. The number of rotatable bonds is 25. The third kappa shape index (κ3) is 13.8. The second-order valence-corrected chi connectivity index (χ2v) is 21.1. The summed E-state index contributed by atoms with van der Waals surface area (Å²) in [5.74, 6) is 0.442. The van der Waals surface area contributed by atoms with Crippen molar-refractivity contribution >= 4 is 23.6 Å². The lowest BCUT2D eigenvalue weighted by Crippen LogP contribution is -2.34. The molecule has 390 valence electrons. The van der Waals surface area contributed by atoms with E-state index in [1.807, 2.05) is 76.8 Å². The van der Waals surface area contributed by atoms with Crippen LogP contribution in [0.15, 0.2) is 66.7 Å². The van der Waals surface area contributed by atoms with E-state index in [2.05, 4.69) is 51.9 Å². The zero-order chi connectivity index (χ0) is 50.7. The summed E-state index contributed by atoms with van der Waals surface area (Å²) in [6.07, 6.45) is 9.67. The number of likely N-dealkylation sites (tertiary alicyclic amines) is 2. The molecule has 7 atom stereocenters. The molecule has 2 aromatic heterocycles. The van der Waals surface area contributed by atoms with Crippen LogP contribution in [0.4, 0.5) is 11.6 Å². The van der Waals surface area contributed by atoms with E-state index in [-0.39, 0.29) is 42.5 Å². The third-order valence-corrected chi connectivity index (χ3v) is 14.9. The molecule has 0 aliphatic carbocycles. The van der Waals surface area contributed by atoms with Gasteiger partial charge in [-0.25, -0.2) is 9.97 Å². The van der Waals surface area contributed by atoms with E-state index in [9.17, 15) is 19.8 Å². The molecule has 14 nitrogen and oxygen atoms in total. The third-order valence-electron chi connectivity index (χ3n) is 14.9. The monoisotopic (exact) mass is 989 g/mol. The van der Waals surface area contributed by atoms with Crippen LogP contribution in [0.3, 0.4) is 0 Å². The van der Waals surface area contributed by atoms with Crippen LogP contribution in [-0.2, 0) is 54.2 Å². The highest BCUT2D eigenvalue weighted by molar-refractivity contribution is 5.77. The normalized spacial score (nSPS) is 20.9. The number of aromatic nitrogens is 2. The van der Waals surface area contributed by atoms with Gasteiger partial charge in [0.1, 0.15) is 23.7 Å². The summed E-state index contributed by atoms with van der Waals surface area (Å²) < 4.78 is 25.1. The number of aryl methyl sites for hydroxylation is 3. The molecule has 4 N–H and O–H groups in total. The second kappa shape index (κ2) is 25.3. The molecule has 8 rings (SSSR count). The highest BCUT2D eigenvalue weighted by Crippen LogP contribution is 2.38. The first-order valence-electron chi connectivity index (χ1n) is 27.0. The predicted molar refractivity (Wildman–Crippen MR) is 281 cm³/mol. The van der Waals surface area contributed by atoms with Crippen LogP contribution >= 0.6 is 0 Å². The Morgan fingerprint density at radius 2 is 1.19 bits per heavy atom. The van der Waals surface area contributed by atoms with Crippen molar-refractivity contribution in [1.29, 1.82) is 0 Å². The number of nitrogens with zero attached hydrogens (tertiary/aromatic N) is 4. The summed E-state index contributed by atoms with van der Waals surface area (Å²) in [4.78, 5) is 39.8. The van der Waals surface area contributed by atoms with Crippen molar-refractivity contribution in [2.45, 2.75) is 167 Å². The van der Waals surface area contributed by atoms with Crippen LogP contribution in [-0.4, -0.2) is 119 Å². The van der Waals surface area contributed by atoms with Gasteiger partial charge in [0.05, 0.1) is 36.6 Å². The number of anilines is 2. The molecule has 2 saturated heterocycles. The molecule has 72 heavy (non-hydrogen) atoms. The number of nitrogens with one attached hydrogen (secondary N) is 2. The van der Waals surface area contributed by atoms with Crippen LogP contribution in [0.1, 0.15) is 167 Å². The van der Waals surface area contributed by atoms with Gasteiger partial charge >= 0.3 is 11.9 Å². The van der Waals surface area contributed by atoms with Crippen molar-refractivity contribution in [3.63, 3.8) is 0 Å². The first kappa shape index (κ1) is 53.3. The first-order valence-corrected chi connectivity index (χ1v) is 27.0. The van der Waals surface area contributed by atoms with Crippen LogP contribution in [0.5, 0.6) is 0 Å². The Morgan fingerprint density at radius 1 is 0.653 bits per heavy atom. The van der Waals surface area contributed by atoms with Gasteiger partial charge in [-0.1, -0.05) is 54.6 Å². The lowest BCUT2D eigenvalue weighted by molar-refractivity contribution is -0.144. The van der Waals surface area contributed by atoms with Crippen LogP contribution < -0.4 is 10.6 Å². The van der Waals surface area contributed by atoms with Gasteiger partial charge in [0.25, 0.3) is 0 Å². The zero-order valence-corrected chi connectivity index (χ0v) is 43.6. The van der Waals surface area contributed by atoms with Crippen molar-refractivity contribution in [3.05, 3.63) is 117 Å². The summed E-state index contributed by atoms with van der Waals surface area (Å²) in [6, 6.07) is 21.2. The SMILES string of the molecule is CC(C)O[C@@H](C)c1ccccc1C(C(=O)O)N1CC[C@@H](OCCCCc2ccc3c(n2)NCC(c2ccc([C@H](C(=O)O)N4CC[C@@H](OCCCCc5ccc6c(n5)NCCC6)C4)c([C@@H](C)OC(C)C)c2)C3)C1. The minimum absolute atomic E-state index is 0.00731. The van der Waals surface area contributed by atoms with Gasteiger partial charge in [0, 0.05) is 69.8 Å². The molecule has 0 saturated carbocycles. The molecule has 14 heteroatoms. The summed E-state index contributed by atoms with van der Waals surface area (Å²) in [5, 5.41) is 28.2. The standard InChI is InChI=1S/C58H80N6O8/c1-37(2)71-39(5)49-17-7-8-18-50(49)53(57(65)66)63-28-25-47(35-63)69-31-12-10-16-46-23-20-43-32-44(34-60-56(43)62-46)42-21-24-51(52(33-42)40(6)72-38(3)4)54(58(67)68)64-29-26-48(36-64)70-30-11-9-15-45-22-19-41-14-13-27-59-55(41)61-45/h7-8,17-24,33,37-40,44,47-48,53-54H,9-16,25-32,34-36H2,1-6H3,(H,59,61)(H,60,62)(H,65,66)(H,67,68)/t39-,40+,44?,47+,48+,53?,54+/m0/s1. The number of pyridine rings is 2. The van der Waals surface area contributed by atoms with Gasteiger partial charge < -0.3 is 39.8 Å². The Morgan fingerprint density at radius 3 is 1.78 bits per heavy atom. The summed E-state index contributed by atoms with van der Waals surface area (Å²) in [5.41, 5.74) is 9.19. The zero-order valence-electron chi connectivity index (χ0n) is 43.6. The molecule has 2 fully saturated rings. The fraction of sp³-hybridized carbons (Fsp3) is 0.586. The number of carboxylic acid groups (broad SMARTS) is 2. The number of carbonyl (C=O) groups is 2. The number of unbranched alkanes of at least 4 members (excludes halogenated alkanes) is 2. The first-order chi connectivity index (χ1) is 34.8. The van der Waals surface area contributed by atoms with Crippen LogP contribution in [0, 0.1) is 0 Å². The van der Waals surface area contributed by atoms with Gasteiger partial charge in [-0.2, -0.15) is 0 Å². The van der Waals surface area contributed by atoms with Crippen molar-refractivity contribution in [2.75, 3.05) is 63.1 Å². The second-order valence-electron chi connectivity index (χ2n) is 21.1. The van der Waals surface area contributed by atoms with Crippen molar-refractivity contribution in [1.82, 2.24) is 19.8 Å². The maximum atomic E-state index is 13.2. The fourth-order valence-corrected chi connectivity index (χ4v) is 11.4. The number of hydrogen-bond donors (Lipinski definition) is 4. The maximum absolute atomic E-state index is 13.2. The van der Waals surface area contributed by atoms with E-state index in [0.29, 0.717) is 39.4 Å². The smallest absolute Gasteiger partial charge is 0.325 e. The highest BCUT2D eigenvalue weighted by atomic mass is 16.5. The van der Waals surface area contributed by atoms with E-state index in [4.69, 9.17) is 28.9 Å². The van der Waals surface area contributed by atoms with Gasteiger partial charge in [0.15, 0.2) is 0 Å². The molecule has 2 unspecified atom stereocenters. The van der Waals surface area contributed by atoms with Gasteiger partial charge in [-0.15, -0.1) is 0 Å². The molecule has 6 heterocycles. The summed E-state index contributed by atoms with van der Waals surface area (Å²) in [7, 11) is 0. The van der Waals surface area contributed by atoms with E-state index < -0.39 is 24.0 Å². The molecule has 0 amide bonds. The molecule has 0 bridgehead atoms. The van der Waals surface area contributed by atoms with Gasteiger partial charge in [0.2, 0.25) is 0 Å². The van der Waals surface area contributed by atoms with E-state index in [0.717, 1.165) is 135 Å². The number of aliphatic carboxylic acids is 2. The van der Waals surface area contributed by atoms with Crippen molar-refractivity contribution < 1.29 is 38.7 Å². The predicted octanol–water partition coefficient (Wildman–Crippen LogP) is 10.0. The molecular weight excluding hydrogens is 909 g/mol. The Labute approximate surface area is 427 Å². The number of hydrogen-bond acceptors (Lipinski definition) is 12. The minimum Gasteiger partial charge on any atom is -0.480 e. The van der Waals surface area contributed by atoms with Gasteiger partial charge in [-0.05, 0) is 163 Å². The van der Waals surface area contributed by atoms with Gasteiger partial charge in [-0.3, -0.25) is 19.4 Å². The average Bonchev–Trinajstić information content (AvgIpc) is 4.03. The number of ether oxygens (including phenoxy) is 4. The quantitative estimate of drug-likeness (QED) is 0.0463. The Bertz CT molecular complexity index is 2430. The highest BCUT2D eigenvalue weighted by Gasteiger charge is 2.38. The molecule has 0 radical (unpaired) electrons. The molecule has 4 aliphatic rings. The molecule has 0 spiro atoms. The largest absolute Gasteiger partial charge is 0.480 e. The molecule has 4 aromatic rings. The lowest BCUT2D eigenvalue weighted by Gasteiger charge is -2.31. The Balaban J connectivity index is 0.812. The molecule has 2 aromatic carbocycles. The summed E-state index contributed by atoms with van der Waals surface area (Å²) in [6.45, 7) is 17.5. The van der Waals surface area contributed by atoms with Crippen molar-refractivity contribution in [3.8, 4) is 0 Å². The maximum Gasteiger partial charge on any atom is 0.325 e. The van der Waals surface area contributed by atoms with E-state index in [1.165, 1.54) is 11.1 Å². The lowest BCUT2D eigenvalue weighted by atomic mass is 9.85. The molecule has 4 aliphatic heterocycles. The van der Waals surface area contributed by atoms with Crippen molar-refractivity contribution in [2.24, 2.45) is 0 Å². The number of fused-ring (bicyclic) bond motifs is 2. The summed E-state index contributed by atoms with van der Waals surface area (Å²) >= 11 is 0. The minimum atomic E-state index is -0.858. The van der Waals surface area contributed by atoms with Crippen LogP contribution in [0.25, 0.3) is 0 Å². The molecular formula is C58H80N6O8. The topological polar surface area (TPSA) is 168 Å². The number of carboxylic acids is 2. The van der Waals surface area contributed by atoms with E-state index >= 15 is 0 Å². The fourth-order valence-electron chi connectivity index (χ4n) is 11.4. The van der Waals surface area contributed by atoms with Crippen LogP contribution in [0.2, 0.25) is 0 Å². The number of benzene rings is 2.